The average molecular weight is 471 g/mol. The molecule has 4 atom stereocenters. The number of carbonyl (C=O) groups is 3. The fourth-order valence-corrected chi connectivity index (χ4v) is 4.23. The van der Waals surface area contributed by atoms with E-state index in [-0.39, 0.29) is 30.4 Å². The molecule has 4 heterocycles. The zero-order chi connectivity index (χ0) is 24.8. The van der Waals surface area contributed by atoms with Crippen LogP contribution in [0.1, 0.15) is 51.9 Å². The highest BCUT2D eigenvalue weighted by Gasteiger charge is 2.52. The molecular formula is C23H30N6O5. The third-order valence-electron chi connectivity index (χ3n) is 5.82. The maximum Gasteiger partial charge on any atom is 0.257 e. The van der Waals surface area contributed by atoms with Gasteiger partial charge in [0.2, 0.25) is 11.9 Å². The lowest BCUT2D eigenvalue weighted by atomic mass is 9.95. The van der Waals surface area contributed by atoms with Gasteiger partial charge in [-0.2, -0.15) is 4.99 Å². The first-order chi connectivity index (χ1) is 15.9. The predicted octanol–water partition coefficient (Wildman–Crippen LogP) is 0.861. The van der Waals surface area contributed by atoms with Gasteiger partial charge in [0, 0.05) is 17.8 Å². The maximum atomic E-state index is 13.7. The lowest BCUT2D eigenvalue weighted by Gasteiger charge is -2.43. The van der Waals surface area contributed by atoms with Crippen LogP contribution in [-0.4, -0.2) is 76.0 Å². The molecule has 3 aliphatic heterocycles. The van der Waals surface area contributed by atoms with Crippen molar-refractivity contribution < 1.29 is 23.9 Å². The minimum absolute atomic E-state index is 0.0119. The molecule has 0 aromatic carbocycles. The normalized spacial score (nSPS) is 28.4. The molecule has 0 spiro atoms. The number of hydrogen-bond donors (Lipinski definition) is 2. The number of aliphatic imine (C=N–C) groups is 2. The highest BCUT2D eigenvalue weighted by atomic mass is 16.8. The van der Waals surface area contributed by atoms with Gasteiger partial charge in [-0.15, -0.1) is 0 Å². The van der Waals surface area contributed by atoms with Gasteiger partial charge in [-0.25, -0.2) is 0 Å². The quantitative estimate of drug-likeness (QED) is 0.658. The number of nitrogens with one attached hydrogen (secondary N) is 2. The minimum Gasteiger partial charge on any atom is -0.345 e. The van der Waals surface area contributed by atoms with E-state index in [2.05, 4.69) is 25.6 Å². The number of amidine groups is 1. The second kappa shape index (κ2) is 8.55. The van der Waals surface area contributed by atoms with Gasteiger partial charge < -0.3 is 14.4 Å². The Kier molecular flexibility index (Phi) is 6.03. The van der Waals surface area contributed by atoms with E-state index in [0.29, 0.717) is 5.56 Å². The van der Waals surface area contributed by atoms with E-state index in [4.69, 9.17) is 9.47 Å². The van der Waals surface area contributed by atoms with Gasteiger partial charge in [0.15, 0.2) is 17.7 Å². The molecule has 182 valence electrons. The van der Waals surface area contributed by atoms with Crippen LogP contribution >= 0.6 is 0 Å². The van der Waals surface area contributed by atoms with Crippen LogP contribution in [-0.2, 0) is 19.1 Å². The van der Waals surface area contributed by atoms with Crippen LogP contribution in [0.4, 0.5) is 0 Å². The molecular weight excluding hydrogens is 440 g/mol. The third kappa shape index (κ3) is 4.58. The smallest absolute Gasteiger partial charge is 0.257 e. The van der Waals surface area contributed by atoms with Gasteiger partial charge in [0.1, 0.15) is 6.10 Å². The molecule has 34 heavy (non-hydrogen) atoms. The van der Waals surface area contributed by atoms with Gasteiger partial charge in [-0.1, -0.05) is 20.8 Å². The van der Waals surface area contributed by atoms with Gasteiger partial charge in [-0.05, 0) is 32.9 Å². The summed E-state index contributed by atoms with van der Waals surface area (Å²) in [6.07, 6.45) is 2.17. The number of aromatic nitrogens is 1. The van der Waals surface area contributed by atoms with E-state index >= 15 is 0 Å². The van der Waals surface area contributed by atoms with Crippen molar-refractivity contribution in [3.8, 4) is 0 Å². The zero-order valence-electron chi connectivity index (χ0n) is 20.2. The van der Waals surface area contributed by atoms with Crippen molar-refractivity contribution in [1.82, 2.24) is 20.5 Å². The van der Waals surface area contributed by atoms with E-state index < -0.39 is 41.2 Å². The maximum absolute atomic E-state index is 13.7. The second-order valence-corrected chi connectivity index (χ2v) is 10.1. The van der Waals surface area contributed by atoms with Crippen molar-refractivity contribution >= 4 is 29.5 Å². The molecule has 1 aromatic heterocycles. The van der Waals surface area contributed by atoms with E-state index in [1.54, 1.807) is 52.9 Å². The van der Waals surface area contributed by atoms with Crippen LogP contribution in [0.3, 0.4) is 0 Å². The van der Waals surface area contributed by atoms with Crippen molar-refractivity contribution in [1.29, 1.82) is 0 Å². The zero-order valence-corrected chi connectivity index (χ0v) is 20.2. The number of guanidine groups is 1. The highest BCUT2D eigenvalue weighted by Crippen LogP contribution is 2.34. The van der Waals surface area contributed by atoms with Crippen molar-refractivity contribution in [2.45, 2.75) is 71.6 Å². The minimum atomic E-state index is -1.10. The molecule has 1 aromatic rings. The molecule has 1 fully saturated rings. The number of nitrogens with zero attached hydrogens (tertiary/aromatic N) is 4. The molecule has 0 radical (unpaired) electrons. The summed E-state index contributed by atoms with van der Waals surface area (Å²) in [5.41, 5.74) is -0.363. The molecule has 0 bridgehead atoms. The molecule has 11 nitrogen and oxygen atoms in total. The second-order valence-electron chi connectivity index (χ2n) is 10.1. The van der Waals surface area contributed by atoms with Crippen LogP contribution in [0.5, 0.6) is 0 Å². The first-order valence-electron chi connectivity index (χ1n) is 11.2. The molecule has 3 aliphatic rings. The Morgan fingerprint density at radius 2 is 2.00 bits per heavy atom. The lowest BCUT2D eigenvalue weighted by Crippen LogP contribution is -2.67. The summed E-state index contributed by atoms with van der Waals surface area (Å²) in [6.45, 7) is 10.9. The van der Waals surface area contributed by atoms with Crippen LogP contribution < -0.4 is 10.6 Å². The molecule has 11 heteroatoms. The Hall–Kier alpha value is -3.18. The largest absolute Gasteiger partial charge is 0.345 e. The summed E-state index contributed by atoms with van der Waals surface area (Å²) in [7, 11) is 0. The van der Waals surface area contributed by atoms with Crippen LogP contribution in [0.25, 0.3) is 0 Å². The Bertz CT molecular complexity index is 1060. The van der Waals surface area contributed by atoms with E-state index in [0.717, 1.165) is 0 Å². The van der Waals surface area contributed by atoms with E-state index in [1.165, 1.54) is 11.1 Å². The van der Waals surface area contributed by atoms with Crippen molar-refractivity contribution in [3.05, 3.63) is 30.1 Å². The Morgan fingerprint density at radius 1 is 1.26 bits per heavy atom. The fourth-order valence-electron chi connectivity index (χ4n) is 4.23. The van der Waals surface area contributed by atoms with Gasteiger partial charge in [0.25, 0.3) is 11.8 Å². The molecule has 3 amide bonds. The first-order valence-corrected chi connectivity index (χ1v) is 11.2. The Labute approximate surface area is 198 Å². The fraction of sp³-hybridized carbons (Fsp3) is 0.565. The summed E-state index contributed by atoms with van der Waals surface area (Å²) < 4.78 is 12.0. The SMILES string of the molecule is CC1OC(C)(C)OC1C1CN=C2N=C(NC(=O)C(C)(C)C)NC(=O)C2N1C(=O)c1cccnc1. The number of ether oxygens (including phenoxy) is 2. The summed E-state index contributed by atoms with van der Waals surface area (Å²) in [6, 6.07) is 1.61. The monoisotopic (exact) mass is 470 g/mol. The van der Waals surface area contributed by atoms with Crippen molar-refractivity contribution in [3.63, 3.8) is 0 Å². The van der Waals surface area contributed by atoms with E-state index in [1.807, 2.05) is 6.92 Å². The van der Waals surface area contributed by atoms with Crippen LogP contribution in [0.15, 0.2) is 34.5 Å². The number of fused-ring (bicyclic) bond motifs is 1. The first kappa shape index (κ1) is 24.0. The van der Waals surface area contributed by atoms with Crippen LogP contribution in [0.2, 0.25) is 0 Å². The predicted molar refractivity (Wildman–Crippen MR) is 123 cm³/mol. The molecule has 4 unspecified atom stereocenters. The number of hydrogen-bond acceptors (Lipinski definition) is 8. The molecule has 4 rings (SSSR count). The summed E-state index contributed by atoms with van der Waals surface area (Å²) in [5.74, 6) is -1.94. The molecule has 1 saturated heterocycles. The Balaban J connectivity index is 1.72. The standard InChI is InChI=1S/C23H30N6O5/c1-12-16(34-23(5,6)33-12)14-11-25-17-15(29(14)19(31)13-8-7-9-24-10-13)18(30)27-21(26-17)28-20(32)22(2,3)4/h7-10,12,14-16H,11H2,1-6H3,(H2,25,26,27,28,30,32). The summed E-state index contributed by atoms with van der Waals surface area (Å²) in [4.78, 5) is 53.7. The van der Waals surface area contributed by atoms with Gasteiger partial charge >= 0.3 is 0 Å². The van der Waals surface area contributed by atoms with E-state index in [9.17, 15) is 14.4 Å². The van der Waals surface area contributed by atoms with Gasteiger partial charge in [-0.3, -0.25) is 35.0 Å². The molecule has 0 aliphatic carbocycles. The highest BCUT2D eigenvalue weighted by molar-refractivity contribution is 6.23. The number of rotatable bonds is 2. The number of amides is 3. The number of pyridine rings is 1. The molecule has 0 saturated carbocycles. The lowest BCUT2D eigenvalue weighted by molar-refractivity contribution is -0.150. The van der Waals surface area contributed by atoms with Gasteiger partial charge in [0.05, 0.1) is 24.3 Å². The van der Waals surface area contributed by atoms with Crippen molar-refractivity contribution in [2.24, 2.45) is 15.4 Å². The number of carbonyl (C=O) groups excluding carboxylic acids is 3. The summed E-state index contributed by atoms with van der Waals surface area (Å²) in [5, 5.41) is 5.23. The third-order valence-corrected chi connectivity index (χ3v) is 5.82. The Morgan fingerprint density at radius 3 is 2.59 bits per heavy atom. The van der Waals surface area contributed by atoms with Crippen molar-refractivity contribution in [2.75, 3.05) is 6.54 Å². The van der Waals surface area contributed by atoms with Crippen LogP contribution in [0, 0.1) is 5.41 Å². The average Bonchev–Trinajstić information content (AvgIpc) is 3.04. The topological polar surface area (TPSA) is 135 Å². The summed E-state index contributed by atoms with van der Waals surface area (Å²) >= 11 is 0. The molecule has 2 N–H and O–H groups in total.